The van der Waals surface area contributed by atoms with E-state index in [1.54, 1.807) is 17.2 Å². The van der Waals surface area contributed by atoms with Crippen LogP contribution in [0.25, 0.3) is 0 Å². The third kappa shape index (κ3) is 8.44. The molecule has 1 aliphatic heterocycles. The van der Waals surface area contributed by atoms with Gasteiger partial charge in [-0.2, -0.15) is 5.06 Å². The number of carbonyl (C=O) groups excluding carboxylic acids is 3. The molecule has 0 aromatic heterocycles. The minimum atomic E-state index is -1.03. The lowest BCUT2D eigenvalue weighted by atomic mass is 9.99. The summed E-state index contributed by atoms with van der Waals surface area (Å²) in [5, 5.41) is 12.1. The minimum absolute atomic E-state index is 0.0193. The Morgan fingerprint density at radius 2 is 1.97 bits per heavy atom. The predicted octanol–water partition coefficient (Wildman–Crippen LogP) is 0.368. The molecular weight excluding hydrogens is 430 g/mol. The molecule has 2 rings (SSSR count). The van der Waals surface area contributed by atoms with Crippen LogP contribution in [-0.2, 0) is 28.7 Å². The van der Waals surface area contributed by atoms with Gasteiger partial charge in [0.05, 0.1) is 38.7 Å². The number of amidine groups is 1. The van der Waals surface area contributed by atoms with Crippen molar-refractivity contribution in [1.82, 2.24) is 10.4 Å². The molecule has 3 atom stereocenters. The Hall–Kier alpha value is -3.02. The molecule has 1 aromatic carbocycles. The van der Waals surface area contributed by atoms with E-state index in [-0.39, 0.29) is 43.3 Å². The summed E-state index contributed by atoms with van der Waals surface area (Å²) in [5.41, 5.74) is 12.7. The third-order valence-electron chi connectivity index (χ3n) is 5.31. The molecule has 6 N–H and O–H groups in total. The number of nitrogens with zero attached hydrogens (tertiary/aromatic N) is 1. The van der Waals surface area contributed by atoms with E-state index in [0.717, 1.165) is 5.56 Å². The number of nitrogens with two attached hydrogens (primary N) is 2. The molecule has 33 heavy (non-hydrogen) atoms. The van der Waals surface area contributed by atoms with Crippen LogP contribution in [0.4, 0.5) is 0 Å². The van der Waals surface area contributed by atoms with Crippen molar-refractivity contribution in [2.75, 3.05) is 27.3 Å². The van der Waals surface area contributed by atoms with Crippen LogP contribution in [0.2, 0.25) is 0 Å². The summed E-state index contributed by atoms with van der Waals surface area (Å²) in [6.45, 7) is 0.639. The number of rotatable bonds is 12. The molecule has 1 heterocycles. The fourth-order valence-electron chi connectivity index (χ4n) is 3.49. The second-order valence-corrected chi connectivity index (χ2v) is 7.88. The summed E-state index contributed by atoms with van der Waals surface area (Å²) in [5.74, 6) is -1.32. The van der Waals surface area contributed by atoms with Gasteiger partial charge in [0.15, 0.2) is 0 Å². The van der Waals surface area contributed by atoms with Gasteiger partial charge in [-0.05, 0) is 24.8 Å². The van der Waals surface area contributed by atoms with Gasteiger partial charge in [0, 0.05) is 19.2 Å². The van der Waals surface area contributed by atoms with Crippen LogP contribution in [0, 0.1) is 5.41 Å². The molecule has 0 bridgehead atoms. The van der Waals surface area contributed by atoms with Gasteiger partial charge in [-0.15, -0.1) is 0 Å². The van der Waals surface area contributed by atoms with E-state index >= 15 is 0 Å². The van der Waals surface area contributed by atoms with Gasteiger partial charge >= 0.3 is 11.9 Å². The lowest BCUT2D eigenvalue weighted by Crippen LogP contribution is -2.34. The first-order valence-electron chi connectivity index (χ1n) is 10.8. The molecule has 0 radical (unpaired) electrons. The van der Waals surface area contributed by atoms with E-state index in [2.05, 4.69) is 10.1 Å². The molecule has 0 aliphatic carbocycles. The average Bonchev–Trinajstić information content (AvgIpc) is 3.15. The highest BCUT2D eigenvalue weighted by Crippen LogP contribution is 2.34. The zero-order chi connectivity index (χ0) is 24.4. The van der Waals surface area contributed by atoms with Gasteiger partial charge in [-0.3, -0.25) is 24.6 Å². The van der Waals surface area contributed by atoms with Crippen LogP contribution in [0.3, 0.4) is 0 Å². The maximum absolute atomic E-state index is 12.2. The number of ether oxygens (including phenoxy) is 2. The van der Waals surface area contributed by atoms with Gasteiger partial charge in [0.2, 0.25) is 5.91 Å². The lowest BCUT2D eigenvalue weighted by Gasteiger charge is -2.17. The van der Waals surface area contributed by atoms with Crippen molar-refractivity contribution < 1.29 is 28.7 Å². The van der Waals surface area contributed by atoms with Crippen LogP contribution in [0.1, 0.15) is 49.3 Å². The van der Waals surface area contributed by atoms with Crippen molar-refractivity contribution in [2.24, 2.45) is 11.5 Å². The summed E-state index contributed by atoms with van der Waals surface area (Å²) in [7, 11) is 3.03. The third-order valence-corrected chi connectivity index (χ3v) is 5.31. The zero-order valence-corrected chi connectivity index (χ0v) is 19.0. The van der Waals surface area contributed by atoms with Crippen molar-refractivity contribution in [3.05, 3.63) is 35.4 Å². The molecular formula is C22H33N5O6. The van der Waals surface area contributed by atoms with Gasteiger partial charge in [0.25, 0.3) is 0 Å². The van der Waals surface area contributed by atoms with Gasteiger partial charge in [-0.1, -0.05) is 24.3 Å². The Morgan fingerprint density at radius 1 is 1.27 bits per heavy atom. The molecule has 1 aliphatic rings. The van der Waals surface area contributed by atoms with E-state index in [1.807, 2.05) is 19.2 Å². The Labute approximate surface area is 193 Å². The number of methoxy groups -OCH3 is 1. The van der Waals surface area contributed by atoms with E-state index in [4.69, 9.17) is 26.5 Å². The van der Waals surface area contributed by atoms with E-state index in [1.165, 1.54) is 7.11 Å². The highest BCUT2D eigenvalue weighted by atomic mass is 16.7. The summed E-state index contributed by atoms with van der Waals surface area (Å²) in [6, 6.07) is 6.43. The average molecular weight is 464 g/mol. The maximum atomic E-state index is 12.2. The molecule has 0 saturated carbocycles. The Bertz CT molecular complexity index is 831. The van der Waals surface area contributed by atoms with Gasteiger partial charge in [0.1, 0.15) is 11.9 Å². The highest BCUT2D eigenvalue weighted by Gasteiger charge is 2.33. The molecule has 182 valence electrons. The van der Waals surface area contributed by atoms with Gasteiger partial charge < -0.3 is 26.3 Å². The van der Waals surface area contributed by atoms with Crippen molar-refractivity contribution >= 4 is 23.7 Å². The number of benzene rings is 1. The molecule has 11 heteroatoms. The summed E-state index contributed by atoms with van der Waals surface area (Å²) < 4.78 is 9.48. The Balaban J connectivity index is 1.61. The number of nitrogen functional groups attached to an aromatic ring is 1. The van der Waals surface area contributed by atoms with Crippen LogP contribution < -0.4 is 16.8 Å². The highest BCUT2D eigenvalue weighted by molar-refractivity contribution is 5.94. The number of amides is 1. The van der Waals surface area contributed by atoms with Crippen molar-refractivity contribution in [3.63, 3.8) is 0 Å². The quantitative estimate of drug-likeness (QED) is 0.148. The van der Waals surface area contributed by atoms with E-state index < -0.39 is 18.0 Å². The number of hydrogen-bond acceptors (Lipinski definition) is 9. The Kier molecular flexibility index (Phi) is 10.2. The maximum Gasteiger partial charge on any atom is 0.323 e. The lowest BCUT2D eigenvalue weighted by molar-refractivity contribution is -0.152. The zero-order valence-electron chi connectivity index (χ0n) is 19.0. The first kappa shape index (κ1) is 26.2. The minimum Gasteiger partial charge on any atom is -0.468 e. The SMILES string of the molecule is COC(=O)[C@@H](N)CC(=O)OCCCCNC(=O)C[C@H]1C[C@@H](c2ccc(C(=N)N)cc2)N(C)O1. The largest absolute Gasteiger partial charge is 0.468 e. The van der Waals surface area contributed by atoms with Crippen LogP contribution in [-0.4, -0.2) is 68.2 Å². The smallest absolute Gasteiger partial charge is 0.323 e. The first-order chi connectivity index (χ1) is 15.7. The molecule has 1 fully saturated rings. The molecule has 1 aromatic rings. The molecule has 11 nitrogen and oxygen atoms in total. The Morgan fingerprint density at radius 3 is 2.61 bits per heavy atom. The van der Waals surface area contributed by atoms with E-state index in [0.29, 0.717) is 31.4 Å². The van der Waals surface area contributed by atoms with Crippen molar-refractivity contribution in [1.29, 1.82) is 5.41 Å². The fraction of sp³-hybridized carbons (Fsp3) is 0.545. The number of hydrogen-bond donors (Lipinski definition) is 4. The van der Waals surface area contributed by atoms with E-state index in [9.17, 15) is 14.4 Å². The molecule has 0 unspecified atom stereocenters. The number of nitrogens with one attached hydrogen (secondary N) is 2. The van der Waals surface area contributed by atoms with Crippen LogP contribution >= 0.6 is 0 Å². The first-order valence-corrected chi connectivity index (χ1v) is 10.8. The van der Waals surface area contributed by atoms with Gasteiger partial charge in [-0.25, -0.2) is 0 Å². The molecule has 0 spiro atoms. The second kappa shape index (κ2) is 12.9. The standard InChI is InChI=1S/C22H33N5O6/c1-27-18(14-5-7-15(8-6-14)21(24)25)11-16(33-27)12-19(28)26-9-3-4-10-32-20(29)13-17(23)22(30)31-2/h5-8,16-18H,3-4,9-13,23H2,1-2H3,(H3,24,25)(H,26,28)/t16-,17+,18+/m1/s1. The number of unbranched alkanes of at least 4 members (excludes halogenated alkanes) is 1. The monoisotopic (exact) mass is 463 g/mol. The normalized spacial score (nSPS) is 19.0. The van der Waals surface area contributed by atoms with Crippen molar-refractivity contribution in [2.45, 2.75) is 50.3 Å². The molecule has 1 amide bonds. The summed E-state index contributed by atoms with van der Waals surface area (Å²) >= 11 is 0. The number of carbonyl (C=O) groups is 3. The van der Waals surface area contributed by atoms with Crippen LogP contribution in [0.15, 0.2) is 24.3 Å². The fourth-order valence-corrected chi connectivity index (χ4v) is 3.49. The number of esters is 2. The van der Waals surface area contributed by atoms with Crippen LogP contribution in [0.5, 0.6) is 0 Å². The van der Waals surface area contributed by atoms with Crippen molar-refractivity contribution in [3.8, 4) is 0 Å². The molecule has 1 saturated heterocycles. The predicted molar refractivity (Wildman–Crippen MR) is 120 cm³/mol. The summed E-state index contributed by atoms with van der Waals surface area (Å²) in [4.78, 5) is 40.8. The summed E-state index contributed by atoms with van der Waals surface area (Å²) in [6.07, 6.45) is 1.66. The number of hydroxylamine groups is 2. The second-order valence-electron chi connectivity index (χ2n) is 7.88. The topological polar surface area (TPSA) is 170 Å².